The highest BCUT2D eigenvalue weighted by atomic mass is 32.2. The molecule has 0 bridgehead atoms. The molecule has 5 nitrogen and oxygen atoms in total. The molecule has 0 aromatic heterocycles. The van der Waals surface area contributed by atoms with Gasteiger partial charge in [-0.1, -0.05) is 20.3 Å². The molecule has 0 aliphatic heterocycles. The van der Waals surface area contributed by atoms with E-state index in [1.54, 1.807) is 27.7 Å². The van der Waals surface area contributed by atoms with Gasteiger partial charge in [-0.05, 0) is 27.2 Å². The minimum atomic E-state index is -3.46. The van der Waals surface area contributed by atoms with Gasteiger partial charge in [0.05, 0.1) is 6.26 Å². The molecule has 0 saturated carbocycles. The molecule has 1 atom stereocenters. The molecule has 1 N–H and O–H groups in total. The van der Waals surface area contributed by atoms with Gasteiger partial charge in [0, 0.05) is 11.5 Å². The molecule has 17 heavy (non-hydrogen) atoms. The number of hydrogen-bond donors (Lipinski definition) is 1. The maximum atomic E-state index is 11.8. The van der Waals surface area contributed by atoms with Gasteiger partial charge in [-0.15, -0.1) is 4.41 Å². The third-order valence-corrected chi connectivity index (χ3v) is 3.62. The van der Waals surface area contributed by atoms with E-state index in [4.69, 9.17) is 0 Å². The van der Waals surface area contributed by atoms with Gasteiger partial charge in [-0.3, -0.25) is 10.2 Å². The lowest BCUT2D eigenvalue weighted by Crippen LogP contribution is -2.56. The topological polar surface area (TPSA) is 66.5 Å². The normalized spacial score (nSPS) is 14.8. The molecule has 0 saturated heterocycles. The Balaban J connectivity index is 4.86. The van der Waals surface area contributed by atoms with Crippen molar-refractivity contribution in [2.24, 2.45) is 5.92 Å². The standard InChI is InChI=1S/C11H24N2O3S/c1-7-8-9(2)10(14)12-13(11(3,4)5)17(6,15)16/h9H,7-8H2,1-6H3,(H,12,14). The van der Waals surface area contributed by atoms with Crippen LogP contribution in [0.25, 0.3) is 0 Å². The Bertz CT molecular complexity index is 357. The molecule has 6 heteroatoms. The Labute approximate surface area is 105 Å². The Kier molecular flexibility index (Phi) is 5.61. The van der Waals surface area contributed by atoms with Gasteiger partial charge in [0.1, 0.15) is 0 Å². The predicted molar refractivity (Wildman–Crippen MR) is 68.7 cm³/mol. The third kappa shape index (κ3) is 5.50. The lowest BCUT2D eigenvalue weighted by molar-refractivity contribution is -0.129. The molecule has 0 aromatic carbocycles. The van der Waals surface area contributed by atoms with Crippen molar-refractivity contribution in [2.75, 3.05) is 6.26 Å². The van der Waals surface area contributed by atoms with Crippen molar-refractivity contribution in [3.8, 4) is 0 Å². The van der Waals surface area contributed by atoms with E-state index >= 15 is 0 Å². The van der Waals surface area contributed by atoms with E-state index in [-0.39, 0.29) is 11.8 Å². The van der Waals surface area contributed by atoms with E-state index in [9.17, 15) is 13.2 Å². The maximum Gasteiger partial charge on any atom is 0.237 e. The van der Waals surface area contributed by atoms with Crippen molar-refractivity contribution < 1.29 is 13.2 Å². The average molecular weight is 264 g/mol. The number of sulfonamides is 1. The molecule has 1 unspecified atom stereocenters. The van der Waals surface area contributed by atoms with Crippen molar-refractivity contribution in [1.29, 1.82) is 0 Å². The second-order valence-corrected chi connectivity index (χ2v) is 7.20. The zero-order valence-corrected chi connectivity index (χ0v) is 12.4. The van der Waals surface area contributed by atoms with Gasteiger partial charge >= 0.3 is 0 Å². The molecule has 0 heterocycles. The first-order chi connectivity index (χ1) is 7.50. The van der Waals surface area contributed by atoms with Gasteiger partial charge < -0.3 is 0 Å². The summed E-state index contributed by atoms with van der Waals surface area (Å²) in [7, 11) is -3.46. The van der Waals surface area contributed by atoms with E-state index in [0.717, 1.165) is 23.5 Å². The maximum absolute atomic E-state index is 11.8. The quantitative estimate of drug-likeness (QED) is 0.765. The van der Waals surface area contributed by atoms with Crippen LogP contribution in [0.4, 0.5) is 0 Å². The third-order valence-electron chi connectivity index (χ3n) is 2.32. The fraction of sp³-hybridized carbons (Fsp3) is 0.909. The molecular weight excluding hydrogens is 240 g/mol. The van der Waals surface area contributed by atoms with Crippen LogP contribution in [0.3, 0.4) is 0 Å². The molecule has 0 radical (unpaired) electrons. The van der Waals surface area contributed by atoms with Crippen LogP contribution in [0.5, 0.6) is 0 Å². The zero-order chi connectivity index (χ0) is 13.9. The number of carbonyl (C=O) groups excluding carboxylic acids is 1. The summed E-state index contributed by atoms with van der Waals surface area (Å²) in [5.74, 6) is -0.446. The molecule has 0 fully saturated rings. The molecule has 102 valence electrons. The van der Waals surface area contributed by atoms with Crippen LogP contribution in [0.15, 0.2) is 0 Å². The summed E-state index contributed by atoms with van der Waals surface area (Å²) in [6.07, 6.45) is 2.72. The van der Waals surface area contributed by atoms with Crippen LogP contribution in [-0.4, -0.2) is 30.5 Å². The van der Waals surface area contributed by atoms with E-state index in [1.807, 2.05) is 6.92 Å². The minimum Gasteiger partial charge on any atom is -0.275 e. The van der Waals surface area contributed by atoms with E-state index in [2.05, 4.69) is 5.43 Å². The second-order valence-electron chi connectivity index (χ2n) is 5.36. The fourth-order valence-electron chi connectivity index (χ4n) is 1.52. The van der Waals surface area contributed by atoms with E-state index in [1.165, 1.54) is 0 Å². The summed E-state index contributed by atoms with van der Waals surface area (Å²) in [4.78, 5) is 11.8. The number of rotatable bonds is 5. The summed E-state index contributed by atoms with van der Waals surface area (Å²) in [6.45, 7) is 8.99. The molecule has 0 aliphatic rings. The molecule has 1 amide bonds. The second kappa shape index (κ2) is 5.82. The van der Waals surface area contributed by atoms with Crippen LogP contribution in [0, 0.1) is 5.92 Å². The number of hydrazine groups is 1. The lowest BCUT2D eigenvalue weighted by Gasteiger charge is -2.33. The Morgan fingerprint density at radius 2 is 1.82 bits per heavy atom. The SMILES string of the molecule is CCCC(C)C(=O)NN(C(C)(C)C)S(C)(=O)=O. The molecule has 0 aromatic rings. The monoisotopic (exact) mass is 264 g/mol. The highest BCUT2D eigenvalue weighted by Crippen LogP contribution is 2.15. The summed E-state index contributed by atoms with van der Waals surface area (Å²) in [5, 5.41) is 0. The Morgan fingerprint density at radius 1 is 1.35 bits per heavy atom. The van der Waals surface area contributed by atoms with Crippen LogP contribution in [0.1, 0.15) is 47.5 Å². The molecule has 0 rings (SSSR count). The summed E-state index contributed by atoms with van der Waals surface area (Å²) in [5.41, 5.74) is 1.82. The summed E-state index contributed by atoms with van der Waals surface area (Å²) in [6, 6.07) is 0. The van der Waals surface area contributed by atoms with Crippen molar-refractivity contribution in [3.05, 3.63) is 0 Å². The highest BCUT2D eigenvalue weighted by molar-refractivity contribution is 7.88. The molecule has 0 aliphatic carbocycles. The number of carbonyl (C=O) groups is 1. The van der Waals surface area contributed by atoms with Crippen molar-refractivity contribution in [2.45, 2.75) is 53.0 Å². The van der Waals surface area contributed by atoms with Crippen molar-refractivity contribution in [1.82, 2.24) is 9.84 Å². The fourth-order valence-corrected chi connectivity index (χ4v) is 2.77. The Hall–Kier alpha value is -0.620. The largest absolute Gasteiger partial charge is 0.275 e. The van der Waals surface area contributed by atoms with Gasteiger partial charge in [0.25, 0.3) is 0 Å². The van der Waals surface area contributed by atoms with Gasteiger partial charge in [-0.2, -0.15) is 0 Å². The zero-order valence-electron chi connectivity index (χ0n) is 11.6. The summed E-state index contributed by atoms with van der Waals surface area (Å²) < 4.78 is 24.2. The smallest absolute Gasteiger partial charge is 0.237 e. The van der Waals surface area contributed by atoms with Gasteiger partial charge in [0.15, 0.2) is 0 Å². The summed E-state index contributed by atoms with van der Waals surface area (Å²) >= 11 is 0. The van der Waals surface area contributed by atoms with Crippen molar-refractivity contribution in [3.63, 3.8) is 0 Å². The Morgan fingerprint density at radius 3 is 2.12 bits per heavy atom. The molecular formula is C11H24N2O3S. The highest BCUT2D eigenvalue weighted by Gasteiger charge is 2.32. The van der Waals surface area contributed by atoms with E-state index < -0.39 is 15.6 Å². The van der Waals surface area contributed by atoms with Crippen LogP contribution < -0.4 is 5.43 Å². The lowest BCUT2D eigenvalue weighted by atomic mass is 10.1. The first-order valence-electron chi connectivity index (χ1n) is 5.81. The number of amides is 1. The minimum absolute atomic E-state index is 0.188. The number of hydrogen-bond acceptors (Lipinski definition) is 3. The van der Waals surface area contributed by atoms with Crippen LogP contribution in [-0.2, 0) is 14.8 Å². The van der Waals surface area contributed by atoms with Crippen molar-refractivity contribution >= 4 is 15.9 Å². The predicted octanol–water partition coefficient (Wildman–Crippen LogP) is 1.51. The van der Waals surface area contributed by atoms with Gasteiger partial charge in [-0.25, -0.2) is 8.42 Å². The van der Waals surface area contributed by atoms with E-state index in [0.29, 0.717) is 0 Å². The first kappa shape index (κ1) is 16.4. The number of nitrogens with one attached hydrogen (secondary N) is 1. The first-order valence-corrected chi connectivity index (χ1v) is 7.66. The van der Waals surface area contributed by atoms with Gasteiger partial charge in [0.2, 0.25) is 15.9 Å². The van der Waals surface area contributed by atoms with Crippen LogP contribution in [0.2, 0.25) is 0 Å². The average Bonchev–Trinajstić information content (AvgIpc) is 2.10. The number of nitrogens with zero attached hydrogens (tertiary/aromatic N) is 1. The van der Waals surface area contributed by atoms with Crippen LogP contribution >= 0.6 is 0 Å². The molecule has 0 spiro atoms.